The Morgan fingerprint density at radius 3 is 2.50 bits per heavy atom. The number of hydrogen-bond acceptors (Lipinski definition) is 3. The molecule has 0 saturated heterocycles. The summed E-state index contributed by atoms with van der Waals surface area (Å²) >= 11 is 0. The topological polar surface area (TPSA) is 46.5 Å². The van der Waals surface area contributed by atoms with Gasteiger partial charge in [0.2, 0.25) is 0 Å². The molecule has 0 spiro atoms. The van der Waals surface area contributed by atoms with Crippen molar-refractivity contribution in [2.24, 2.45) is 0 Å². The smallest absolute Gasteiger partial charge is 0.338 e. The lowest BCUT2D eigenvalue weighted by molar-refractivity contribution is 0.0548. The van der Waals surface area contributed by atoms with Crippen LogP contribution < -0.4 is 0 Å². The van der Waals surface area contributed by atoms with Crippen molar-refractivity contribution in [2.45, 2.75) is 25.7 Å². The molecule has 0 aliphatic rings. The molecule has 108 valence electrons. The van der Waals surface area contributed by atoms with Gasteiger partial charge < -0.3 is 9.84 Å². The number of benzene rings is 1. The molecule has 1 aromatic carbocycles. The van der Waals surface area contributed by atoms with Crippen molar-refractivity contribution in [3.8, 4) is 0 Å². The average Bonchev–Trinajstić information content (AvgIpc) is 2.41. The zero-order valence-corrected chi connectivity index (χ0v) is 13.2. The van der Waals surface area contributed by atoms with Crippen molar-refractivity contribution < 1.29 is 14.6 Å². The number of hydrogen-bond donors (Lipinski definition) is 1. The van der Waals surface area contributed by atoms with E-state index >= 15 is 0 Å². The maximum Gasteiger partial charge on any atom is 0.338 e. The summed E-state index contributed by atoms with van der Waals surface area (Å²) in [7, 11) is -1.29. The molecule has 1 rings (SSSR count). The minimum absolute atomic E-state index is 0.158. The predicted molar refractivity (Wildman–Crippen MR) is 84.4 cm³/mol. The Balaban J connectivity index is 2.35. The number of esters is 1. The summed E-state index contributed by atoms with van der Waals surface area (Å²) in [5.41, 5.74) is 2.61. The van der Waals surface area contributed by atoms with E-state index in [1.165, 1.54) is 0 Å². The van der Waals surface area contributed by atoms with Crippen molar-refractivity contribution in [3.05, 3.63) is 59.8 Å². The fraction of sp³-hybridized carbons (Fsp3) is 0.312. The molecule has 1 N–H and O–H groups in total. The molecule has 1 aromatic rings. The van der Waals surface area contributed by atoms with Crippen LogP contribution in [0.3, 0.4) is 0 Å². The quantitative estimate of drug-likeness (QED) is 0.497. The first-order valence-electron chi connectivity index (χ1n) is 6.65. The van der Waals surface area contributed by atoms with Gasteiger partial charge >= 0.3 is 5.97 Å². The molecule has 1 unspecified atom stereocenters. The molecule has 4 heteroatoms. The van der Waals surface area contributed by atoms with Crippen LogP contribution in [-0.4, -0.2) is 31.9 Å². The second-order valence-corrected chi connectivity index (χ2v) is 10.7. The second kappa shape index (κ2) is 7.82. The summed E-state index contributed by atoms with van der Waals surface area (Å²) < 4.78 is 5.07. The van der Waals surface area contributed by atoms with Gasteiger partial charge in [0.25, 0.3) is 0 Å². The summed E-state index contributed by atoms with van der Waals surface area (Å²) in [6, 6.07) is 8.84. The van der Waals surface area contributed by atoms with Crippen LogP contribution in [0, 0.1) is 0 Å². The maximum absolute atomic E-state index is 11.6. The molecule has 0 amide bonds. The standard InChI is InChI=1S/C16H22O3Si/c1-20(2,3)13-11-15(17)10-7-12-19-16(18)14-8-5-4-6-9-14/h4-11,13,15,17H,12H2,1-3H3/b10-7+,13-11+. The normalized spacial score (nSPS) is 13.8. The van der Waals surface area contributed by atoms with Gasteiger partial charge in [-0.3, -0.25) is 0 Å². The molecule has 0 aliphatic carbocycles. The van der Waals surface area contributed by atoms with Crippen molar-refractivity contribution in [1.82, 2.24) is 0 Å². The lowest BCUT2D eigenvalue weighted by Gasteiger charge is -2.09. The van der Waals surface area contributed by atoms with Gasteiger partial charge in [-0.1, -0.05) is 55.7 Å². The molecule has 0 radical (unpaired) electrons. The van der Waals surface area contributed by atoms with E-state index < -0.39 is 14.2 Å². The van der Waals surface area contributed by atoms with E-state index in [9.17, 15) is 9.90 Å². The highest BCUT2D eigenvalue weighted by atomic mass is 28.3. The summed E-state index contributed by atoms with van der Waals surface area (Å²) in [5, 5.41) is 9.70. The van der Waals surface area contributed by atoms with Gasteiger partial charge in [-0.2, -0.15) is 0 Å². The number of carbonyl (C=O) groups is 1. The van der Waals surface area contributed by atoms with Gasteiger partial charge in [0.1, 0.15) is 6.61 Å². The Labute approximate surface area is 121 Å². The summed E-state index contributed by atoms with van der Waals surface area (Å²) in [5.74, 6) is -0.359. The first-order chi connectivity index (χ1) is 9.38. The van der Waals surface area contributed by atoms with Crippen molar-refractivity contribution in [3.63, 3.8) is 0 Å². The lowest BCUT2D eigenvalue weighted by atomic mass is 10.2. The molecule has 0 aliphatic heterocycles. The Morgan fingerprint density at radius 2 is 1.90 bits per heavy atom. The molecule has 0 heterocycles. The highest BCUT2D eigenvalue weighted by Crippen LogP contribution is 2.04. The highest BCUT2D eigenvalue weighted by molar-refractivity contribution is 6.80. The van der Waals surface area contributed by atoms with E-state index in [0.717, 1.165) is 0 Å². The fourth-order valence-corrected chi connectivity index (χ4v) is 2.20. The van der Waals surface area contributed by atoms with Crippen LogP contribution in [0.5, 0.6) is 0 Å². The summed E-state index contributed by atoms with van der Waals surface area (Å²) in [4.78, 5) is 11.6. The maximum atomic E-state index is 11.6. The predicted octanol–water partition coefficient (Wildman–Crippen LogP) is 3.19. The highest BCUT2D eigenvalue weighted by Gasteiger charge is 2.07. The average molecular weight is 290 g/mol. The Hall–Kier alpha value is -1.65. The van der Waals surface area contributed by atoms with Gasteiger partial charge in [-0.05, 0) is 18.2 Å². The Kier molecular flexibility index (Phi) is 6.41. The van der Waals surface area contributed by atoms with E-state index in [1.807, 2.05) is 6.07 Å². The van der Waals surface area contributed by atoms with Crippen LogP contribution in [-0.2, 0) is 4.74 Å². The van der Waals surface area contributed by atoms with Crippen LogP contribution in [0.15, 0.2) is 54.3 Å². The number of aliphatic hydroxyl groups is 1. The van der Waals surface area contributed by atoms with Crippen LogP contribution in [0.4, 0.5) is 0 Å². The number of ether oxygens (including phenoxy) is 1. The number of rotatable bonds is 6. The van der Waals surface area contributed by atoms with E-state index in [4.69, 9.17) is 4.74 Å². The molecule has 0 aromatic heterocycles. The summed E-state index contributed by atoms with van der Waals surface area (Å²) in [6.45, 7) is 6.75. The molecular weight excluding hydrogens is 268 g/mol. The molecule has 1 atom stereocenters. The Morgan fingerprint density at radius 1 is 1.25 bits per heavy atom. The number of carbonyl (C=O) groups excluding carboxylic acids is 1. The first kappa shape index (κ1) is 16.4. The number of aliphatic hydroxyl groups excluding tert-OH is 1. The van der Waals surface area contributed by atoms with Crippen LogP contribution in [0.2, 0.25) is 19.6 Å². The minimum atomic E-state index is -1.29. The Bertz CT molecular complexity index is 472. The molecule has 0 bridgehead atoms. The monoisotopic (exact) mass is 290 g/mol. The fourth-order valence-electron chi connectivity index (χ4n) is 1.43. The molecule has 20 heavy (non-hydrogen) atoms. The minimum Gasteiger partial charge on any atom is -0.458 e. The van der Waals surface area contributed by atoms with E-state index in [2.05, 4.69) is 25.3 Å². The first-order valence-corrected chi connectivity index (χ1v) is 10.2. The van der Waals surface area contributed by atoms with E-state index in [1.54, 1.807) is 42.5 Å². The summed E-state index contributed by atoms with van der Waals surface area (Å²) in [6.07, 6.45) is 4.42. The molecule has 0 saturated carbocycles. The van der Waals surface area contributed by atoms with E-state index in [0.29, 0.717) is 5.56 Å². The van der Waals surface area contributed by atoms with Crippen LogP contribution in [0.1, 0.15) is 10.4 Å². The zero-order valence-electron chi connectivity index (χ0n) is 12.2. The third-order valence-electron chi connectivity index (χ3n) is 2.45. The third-order valence-corrected chi connectivity index (χ3v) is 3.64. The molecule has 0 fully saturated rings. The largest absolute Gasteiger partial charge is 0.458 e. The van der Waals surface area contributed by atoms with Crippen LogP contribution in [0.25, 0.3) is 0 Å². The second-order valence-electron chi connectivity index (χ2n) is 5.61. The SMILES string of the molecule is C[Si](C)(C)/C=C/C(O)/C=C/COC(=O)c1ccccc1. The van der Waals surface area contributed by atoms with Gasteiger partial charge in [0.05, 0.1) is 19.7 Å². The van der Waals surface area contributed by atoms with Crippen molar-refractivity contribution in [1.29, 1.82) is 0 Å². The lowest BCUT2D eigenvalue weighted by Crippen LogP contribution is -2.16. The molecular formula is C16H22O3Si. The third kappa shape index (κ3) is 7.06. The van der Waals surface area contributed by atoms with E-state index in [-0.39, 0.29) is 12.6 Å². The van der Waals surface area contributed by atoms with Gasteiger partial charge in [-0.25, -0.2) is 4.79 Å². The van der Waals surface area contributed by atoms with Crippen LogP contribution >= 0.6 is 0 Å². The van der Waals surface area contributed by atoms with Crippen molar-refractivity contribution >= 4 is 14.0 Å². The van der Waals surface area contributed by atoms with Gasteiger partial charge in [0.15, 0.2) is 0 Å². The molecule has 3 nitrogen and oxygen atoms in total. The van der Waals surface area contributed by atoms with Gasteiger partial charge in [-0.15, -0.1) is 0 Å². The zero-order chi connectivity index (χ0) is 15.0. The van der Waals surface area contributed by atoms with Gasteiger partial charge in [0, 0.05) is 0 Å². The van der Waals surface area contributed by atoms with Crippen molar-refractivity contribution in [2.75, 3.05) is 6.61 Å².